The van der Waals surface area contributed by atoms with Crippen LogP contribution in [0.15, 0.2) is 24.3 Å². The van der Waals surface area contributed by atoms with Crippen LogP contribution in [-0.4, -0.2) is 24.7 Å². The van der Waals surface area contributed by atoms with Gasteiger partial charge in [0, 0.05) is 24.5 Å². The standard InChI is InChI=1S/C13H19FN2OS.ClH/c14-12-5-2-1-4-11(12)10-18-9-8-16-13(17)6-3-7-15;/h1-2,4-5H,3,6-10,15H2,(H,16,17);1H. The molecule has 0 fully saturated rings. The third kappa shape index (κ3) is 8.08. The predicted molar refractivity (Wildman–Crippen MR) is 81.1 cm³/mol. The SMILES string of the molecule is Cl.NCCCC(=O)NCCSCc1ccccc1F. The summed E-state index contributed by atoms with van der Waals surface area (Å²) >= 11 is 1.61. The Labute approximate surface area is 123 Å². The largest absolute Gasteiger partial charge is 0.355 e. The Morgan fingerprint density at radius 2 is 2.11 bits per heavy atom. The summed E-state index contributed by atoms with van der Waals surface area (Å²) in [6, 6.07) is 6.75. The Kier molecular flexibility index (Phi) is 10.6. The highest BCUT2D eigenvalue weighted by atomic mass is 35.5. The Morgan fingerprint density at radius 1 is 1.37 bits per heavy atom. The lowest BCUT2D eigenvalue weighted by molar-refractivity contribution is -0.121. The van der Waals surface area contributed by atoms with E-state index in [9.17, 15) is 9.18 Å². The molecule has 0 saturated heterocycles. The lowest BCUT2D eigenvalue weighted by atomic mass is 10.2. The van der Waals surface area contributed by atoms with Crippen LogP contribution < -0.4 is 11.1 Å². The number of hydrogen-bond donors (Lipinski definition) is 2. The molecule has 0 aliphatic carbocycles. The summed E-state index contributed by atoms with van der Waals surface area (Å²) in [5, 5.41) is 2.81. The first kappa shape index (κ1) is 18.2. The second kappa shape index (κ2) is 11.1. The Hall–Kier alpha value is -0.780. The minimum Gasteiger partial charge on any atom is -0.355 e. The Bertz CT molecular complexity index is 379. The minimum atomic E-state index is -0.169. The van der Waals surface area contributed by atoms with Crippen molar-refractivity contribution in [2.75, 3.05) is 18.8 Å². The lowest BCUT2D eigenvalue weighted by Crippen LogP contribution is -2.26. The molecule has 1 aromatic rings. The van der Waals surface area contributed by atoms with Gasteiger partial charge in [-0.2, -0.15) is 11.8 Å². The maximum atomic E-state index is 13.3. The van der Waals surface area contributed by atoms with Crippen LogP contribution >= 0.6 is 24.2 Å². The molecule has 0 saturated carbocycles. The number of nitrogens with two attached hydrogens (primary N) is 1. The summed E-state index contributed by atoms with van der Waals surface area (Å²) < 4.78 is 13.3. The van der Waals surface area contributed by atoms with Crippen LogP contribution in [0.1, 0.15) is 18.4 Å². The molecule has 108 valence electrons. The van der Waals surface area contributed by atoms with Crippen molar-refractivity contribution in [2.24, 2.45) is 5.73 Å². The minimum absolute atomic E-state index is 0. The molecule has 6 heteroatoms. The van der Waals surface area contributed by atoms with Crippen molar-refractivity contribution >= 4 is 30.1 Å². The molecule has 0 aliphatic rings. The van der Waals surface area contributed by atoms with Crippen molar-refractivity contribution in [1.82, 2.24) is 5.32 Å². The molecule has 0 spiro atoms. The van der Waals surface area contributed by atoms with Crippen LogP contribution in [0.5, 0.6) is 0 Å². The van der Waals surface area contributed by atoms with Gasteiger partial charge in [-0.25, -0.2) is 4.39 Å². The number of hydrogen-bond acceptors (Lipinski definition) is 3. The first-order valence-electron chi connectivity index (χ1n) is 6.02. The predicted octanol–water partition coefficient (Wildman–Crippen LogP) is 2.34. The van der Waals surface area contributed by atoms with E-state index in [0.717, 1.165) is 5.75 Å². The van der Waals surface area contributed by atoms with Crippen molar-refractivity contribution in [1.29, 1.82) is 0 Å². The summed E-state index contributed by atoms with van der Waals surface area (Å²) in [5.74, 6) is 1.28. The van der Waals surface area contributed by atoms with E-state index in [4.69, 9.17) is 5.73 Å². The van der Waals surface area contributed by atoms with Gasteiger partial charge in [0.15, 0.2) is 0 Å². The molecule has 0 atom stereocenters. The van der Waals surface area contributed by atoms with Gasteiger partial charge in [-0.3, -0.25) is 4.79 Å². The van der Waals surface area contributed by atoms with Crippen LogP contribution in [0.2, 0.25) is 0 Å². The molecule has 0 aromatic heterocycles. The van der Waals surface area contributed by atoms with Gasteiger partial charge in [-0.1, -0.05) is 18.2 Å². The number of halogens is 2. The maximum absolute atomic E-state index is 13.3. The van der Waals surface area contributed by atoms with E-state index >= 15 is 0 Å². The molecule has 19 heavy (non-hydrogen) atoms. The molecule has 0 aliphatic heterocycles. The van der Waals surface area contributed by atoms with Gasteiger partial charge in [0.05, 0.1) is 0 Å². The van der Waals surface area contributed by atoms with E-state index in [1.165, 1.54) is 6.07 Å². The van der Waals surface area contributed by atoms with E-state index in [1.54, 1.807) is 23.9 Å². The van der Waals surface area contributed by atoms with Crippen LogP contribution in [0.3, 0.4) is 0 Å². The zero-order chi connectivity index (χ0) is 13.2. The van der Waals surface area contributed by atoms with E-state index in [-0.39, 0.29) is 24.1 Å². The number of carbonyl (C=O) groups is 1. The van der Waals surface area contributed by atoms with Crippen molar-refractivity contribution in [3.8, 4) is 0 Å². The number of benzene rings is 1. The molecule has 0 radical (unpaired) electrons. The second-order valence-corrected chi connectivity index (χ2v) is 4.99. The summed E-state index contributed by atoms with van der Waals surface area (Å²) in [4.78, 5) is 11.3. The normalized spacial score (nSPS) is 9.79. The average Bonchev–Trinajstić information content (AvgIpc) is 2.38. The first-order valence-corrected chi connectivity index (χ1v) is 7.17. The molecule has 1 rings (SSSR count). The highest BCUT2D eigenvalue weighted by Gasteiger charge is 2.01. The monoisotopic (exact) mass is 306 g/mol. The fourth-order valence-corrected chi connectivity index (χ4v) is 2.26. The smallest absolute Gasteiger partial charge is 0.220 e. The Morgan fingerprint density at radius 3 is 2.79 bits per heavy atom. The molecule has 0 heterocycles. The first-order chi connectivity index (χ1) is 8.74. The lowest BCUT2D eigenvalue weighted by Gasteiger charge is -2.05. The van der Waals surface area contributed by atoms with Crippen molar-refractivity contribution in [2.45, 2.75) is 18.6 Å². The summed E-state index contributed by atoms with van der Waals surface area (Å²) in [6.45, 7) is 1.15. The number of rotatable bonds is 8. The van der Waals surface area contributed by atoms with Gasteiger partial charge < -0.3 is 11.1 Å². The Balaban J connectivity index is 0.00000324. The van der Waals surface area contributed by atoms with Crippen LogP contribution in [0, 0.1) is 5.82 Å². The molecule has 0 unspecified atom stereocenters. The molecular formula is C13H20ClFN2OS. The van der Waals surface area contributed by atoms with Crippen molar-refractivity contribution in [3.63, 3.8) is 0 Å². The zero-order valence-corrected chi connectivity index (χ0v) is 12.4. The van der Waals surface area contributed by atoms with Crippen LogP contribution in [0.4, 0.5) is 4.39 Å². The van der Waals surface area contributed by atoms with E-state index in [0.29, 0.717) is 37.2 Å². The fraction of sp³-hybridized carbons (Fsp3) is 0.462. The number of thioether (sulfide) groups is 1. The molecule has 1 amide bonds. The number of carbonyl (C=O) groups excluding carboxylic acids is 1. The third-order valence-electron chi connectivity index (χ3n) is 2.39. The second-order valence-electron chi connectivity index (χ2n) is 3.89. The highest BCUT2D eigenvalue weighted by molar-refractivity contribution is 7.98. The van der Waals surface area contributed by atoms with Gasteiger partial charge in [-0.05, 0) is 24.6 Å². The van der Waals surface area contributed by atoms with E-state index < -0.39 is 0 Å². The fourth-order valence-electron chi connectivity index (χ4n) is 1.41. The number of nitrogens with one attached hydrogen (secondary N) is 1. The average molecular weight is 307 g/mol. The quantitative estimate of drug-likeness (QED) is 0.725. The van der Waals surface area contributed by atoms with E-state index in [2.05, 4.69) is 5.32 Å². The highest BCUT2D eigenvalue weighted by Crippen LogP contribution is 2.14. The summed E-state index contributed by atoms with van der Waals surface area (Å²) in [6.07, 6.45) is 1.20. The molecular weight excluding hydrogens is 287 g/mol. The van der Waals surface area contributed by atoms with Gasteiger partial charge in [-0.15, -0.1) is 12.4 Å². The summed E-state index contributed by atoms with van der Waals surface area (Å²) in [5.41, 5.74) is 6.02. The topological polar surface area (TPSA) is 55.1 Å². The van der Waals surface area contributed by atoms with Crippen LogP contribution in [0.25, 0.3) is 0 Å². The van der Waals surface area contributed by atoms with E-state index in [1.807, 2.05) is 6.07 Å². The van der Waals surface area contributed by atoms with Gasteiger partial charge >= 0.3 is 0 Å². The zero-order valence-electron chi connectivity index (χ0n) is 10.7. The maximum Gasteiger partial charge on any atom is 0.220 e. The number of amides is 1. The van der Waals surface area contributed by atoms with Crippen LogP contribution in [-0.2, 0) is 10.5 Å². The van der Waals surface area contributed by atoms with Gasteiger partial charge in [0.1, 0.15) is 5.82 Å². The third-order valence-corrected chi connectivity index (χ3v) is 3.40. The summed E-state index contributed by atoms with van der Waals surface area (Å²) in [7, 11) is 0. The molecule has 3 nitrogen and oxygen atoms in total. The van der Waals surface area contributed by atoms with Crippen molar-refractivity contribution < 1.29 is 9.18 Å². The molecule has 3 N–H and O–H groups in total. The van der Waals surface area contributed by atoms with Gasteiger partial charge in [0.2, 0.25) is 5.91 Å². The molecule has 1 aromatic carbocycles. The molecule has 0 bridgehead atoms. The van der Waals surface area contributed by atoms with Crippen molar-refractivity contribution in [3.05, 3.63) is 35.6 Å². The van der Waals surface area contributed by atoms with Gasteiger partial charge in [0.25, 0.3) is 0 Å².